The quantitative estimate of drug-likeness (QED) is 0.433. The van der Waals surface area contributed by atoms with Crippen molar-refractivity contribution >= 4 is 23.4 Å². The van der Waals surface area contributed by atoms with E-state index < -0.39 is 11.8 Å². The molecule has 3 N–H and O–H groups in total. The molecule has 0 spiro atoms. The lowest BCUT2D eigenvalue weighted by atomic mass is 10.1. The molecule has 3 amide bonds. The van der Waals surface area contributed by atoms with Crippen LogP contribution in [0.15, 0.2) is 48.5 Å². The van der Waals surface area contributed by atoms with Crippen LogP contribution in [-0.2, 0) is 9.53 Å². The highest BCUT2D eigenvalue weighted by molar-refractivity contribution is 6.00. The summed E-state index contributed by atoms with van der Waals surface area (Å²) < 4.78 is 10.8. The minimum absolute atomic E-state index is 0.110. The van der Waals surface area contributed by atoms with Crippen LogP contribution in [0.2, 0.25) is 0 Å². The summed E-state index contributed by atoms with van der Waals surface area (Å²) in [5.74, 6) is -0.846. The zero-order chi connectivity index (χ0) is 21.9. The number of amides is 3. The average molecular weight is 413 g/mol. The van der Waals surface area contributed by atoms with Gasteiger partial charge in [0.15, 0.2) is 0 Å². The molecule has 0 aliphatic rings. The summed E-state index contributed by atoms with van der Waals surface area (Å²) in [6.07, 6.45) is 0. The molecule has 0 aliphatic heterocycles. The van der Waals surface area contributed by atoms with Gasteiger partial charge in [-0.05, 0) is 43.3 Å². The Labute approximate surface area is 175 Å². The van der Waals surface area contributed by atoms with Crippen LogP contribution >= 0.6 is 0 Å². The predicted octanol–water partition coefficient (Wildman–Crippen LogP) is 2.77. The van der Waals surface area contributed by atoms with Gasteiger partial charge in [0.05, 0.1) is 12.2 Å². The van der Waals surface area contributed by atoms with Gasteiger partial charge < -0.3 is 14.8 Å². The molecule has 2 aromatic rings. The molecule has 0 atom stereocenters. The molecule has 0 unspecified atom stereocenters. The Morgan fingerprint density at radius 1 is 0.900 bits per heavy atom. The van der Waals surface area contributed by atoms with Gasteiger partial charge in [0.1, 0.15) is 12.4 Å². The monoisotopic (exact) mass is 413 g/mol. The third-order valence-corrected chi connectivity index (χ3v) is 4.05. The summed E-state index contributed by atoms with van der Waals surface area (Å²) in [4.78, 5) is 36.4. The van der Waals surface area contributed by atoms with E-state index in [0.717, 1.165) is 0 Å². The van der Waals surface area contributed by atoms with Gasteiger partial charge in [-0.3, -0.25) is 25.2 Å². The van der Waals surface area contributed by atoms with Gasteiger partial charge >= 0.3 is 0 Å². The van der Waals surface area contributed by atoms with Gasteiger partial charge in [0.25, 0.3) is 11.8 Å². The van der Waals surface area contributed by atoms with E-state index in [4.69, 9.17) is 9.47 Å². The van der Waals surface area contributed by atoms with Crippen LogP contribution in [-0.4, -0.2) is 37.5 Å². The highest BCUT2D eigenvalue weighted by Crippen LogP contribution is 2.17. The fourth-order valence-corrected chi connectivity index (χ4v) is 2.38. The second kappa shape index (κ2) is 11.6. The lowest BCUT2D eigenvalue weighted by molar-refractivity contribution is -0.118. The number of hydrogen-bond acceptors (Lipinski definition) is 5. The van der Waals surface area contributed by atoms with Crippen molar-refractivity contribution < 1.29 is 23.9 Å². The number of ether oxygens (including phenoxy) is 2. The fourth-order valence-electron chi connectivity index (χ4n) is 2.38. The van der Waals surface area contributed by atoms with Crippen molar-refractivity contribution in [3.63, 3.8) is 0 Å². The van der Waals surface area contributed by atoms with Crippen LogP contribution in [0.25, 0.3) is 0 Å². The Hall–Kier alpha value is -3.39. The maximum atomic E-state index is 12.4. The van der Waals surface area contributed by atoms with Crippen molar-refractivity contribution in [2.45, 2.75) is 20.8 Å². The maximum absolute atomic E-state index is 12.4. The summed E-state index contributed by atoms with van der Waals surface area (Å²) in [7, 11) is 0. The van der Waals surface area contributed by atoms with Crippen molar-refractivity contribution in [1.29, 1.82) is 0 Å². The molecule has 0 aromatic heterocycles. The second-order valence-electron chi connectivity index (χ2n) is 6.67. The van der Waals surface area contributed by atoms with Crippen molar-refractivity contribution in [1.82, 2.24) is 10.9 Å². The van der Waals surface area contributed by atoms with E-state index in [-0.39, 0.29) is 11.8 Å². The molecule has 0 fully saturated rings. The molecule has 0 aliphatic carbocycles. The molecule has 0 bridgehead atoms. The summed E-state index contributed by atoms with van der Waals surface area (Å²) in [6.45, 7) is 6.78. The van der Waals surface area contributed by atoms with Gasteiger partial charge in [0, 0.05) is 23.8 Å². The molecule has 0 saturated heterocycles. The minimum atomic E-state index is -0.504. The van der Waals surface area contributed by atoms with Crippen molar-refractivity contribution in [2.24, 2.45) is 5.92 Å². The zero-order valence-electron chi connectivity index (χ0n) is 17.4. The van der Waals surface area contributed by atoms with E-state index in [0.29, 0.717) is 42.4 Å². The number of carbonyl (C=O) groups excluding carboxylic acids is 3. The number of hydrazine groups is 1. The van der Waals surface area contributed by atoms with Gasteiger partial charge in [-0.2, -0.15) is 0 Å². The lowest BCUT2D eigenvalue weighted by Crippen LogP contribution is -2.41. The SMILES string of the molecule is CCOCCOc1ccccc1C(=O)NNC(=O)c1ccc(NC(=O)C(C)C)cc1. The molecular formula is C22H27N3O5. The highest BCUT2D eigenvalue weighted by Gasteiger charge is 2.14. The van der Waals surface area contributed by atoms with E-state index in [1.54, 1.807) is 62.4 Å². The Morgan fingerprint density at radius 2 is 1.57 bits per heavy atom. The molecule has 160 valence electrons. The van der Waals surface area contributed by atoms with Crippen molar-refractivity contribution in [2.75, 3.05) is 25.1 Å². The number of benzene rings is 2. The first-order valence-corrected chi connectivity index (χ1v) is 9.73. The van der Waals surface area contributed by atoms with E-state index >= 15 is 0 Å². The Balaban J connectivity index is 1.91. The highest BCUT2D eigenvalue weighted by atomic mass is 16.5. The number of para-hydroxylation sites is 1. The maximum Gasteiger partial charge on any atom is 0.273 e. The van der Waals surface area contributed by atoms with Gasteiger partial charge in [-0.1, -0.05) is 26.0 Å². The van der Waals surface area contributed by atoms with E-state index in [9.17, 15) is 14.4 Å². The van der Waals surface area contributed by atoms with Crippen molar-refractivity contribution in [3.8, 4) is 5.75 Å². The van der Waals surface area contributed by atoms with Crippen LogP contribution < -0.4 is 20.9 Å². The summed E-state index contributed by atoms with van der Waals surface area (Å²) in [6, 6.07) is 13.1. The molecule has 2 aromatic carbocycles. The summed E-state index contributed by atoms with van der Waals surface area (Å²) in [5.41, 5.74) is 5.97. The molecular weight excluding hydrogens is 386 g/mol. The minimum Gasteiger partial charge on any atom is -0.490 e. The third kappa shape index (κ3) is 6.89. The third-order valence-electron chi connectivity index (χ3n) is 4.05. The fraction of sp³-hybridized carbons (Fsp3) is 0.318. The molecule has 0 heterocycles. The Morgan fingerprint density at radius 3 is 2.23 bits per heavy atom. The van der Waals surface area contributed by atoms with E-state index in [1.165, 1.54) is 0 Å². The Kier molecular flexibility index (Phi) is 8.83. The van der Waals surface area contributed by atoms with Crippen LogP contribution in [0.3, 0.4) is 0 Å². The van der Waals surface area contributed by atoms with Crippen LogP contribution in [0.5, 0.6) is 5.75 Å². The number of rotatable bonds is 9. The number of nitrogens with one attached hydrogen (secondary N) is 3. The molecule has 8 nitrogen and oxygen atoms in total. The first-order chi connectivity index (χ1) is 14.4. The molecule has 2 rings (SSSR count). The number of hydrogen-bond donors (Lipinski definition) is 3. The van der Waals surface area contributed by atoms with E-state index in [2.05, 4.69) is 16.2 Å². The van der Waals surface area contributed by atoms with Crippen molar-refractivity contribution in [3.05, 3.63) is 59.7 Å². The lowest BCUT2D eigenvalue weighted by Gasteiger charge is -2.12. The first-order valence-electron chi connectivity index (χ1n) is 9.73. The molecule has 8 heteroatoms. The summed E-state index contributed by atoms with van der Waals surface area (Å²) in [5, 5.41) is 2.75. The number of carbonyl (C=O) groups is 3. The van der Waals surface area contributed by atoms with Gasteiger partial charge in [0.2, 0.25) is 5.91 Å². The molecule has 0 saturated carbocycles. The predicted molar refractivity (Wildman–Crippen MR) is 113 cm³/mol. The second-order valence-corrected chi connectivity index (χ2v) is 6.67. The first kappa shape index (κ1) is 22.9. The van der Waals surface area contributed by atoms with Crippen LogP contribution in [0.1, 0.15) is 41.5 Å². The summed E-state index contributed by atoms with van der Waals surface area (Å²) >= 11 is 0. The standard InChI is InChI=1S/C22H27N3O5/c1-4-29-13-14-30-19-8-6-5-7-18(19)22(28)25-24-21(27)16-9-11-17(12-10-16)23-20(26)15(2)3/h5-12,15H,4,13-14H2,1-3H3,(H,23,26)(H,24,27)(H,25,28). The largest absolute Gasteiger partial charge is 0.490 e. The zero-order valence-corrected chi connectivity index (χ0v) is 17.4. The number of anilines is 1. The molecule has 30 heavy (non-hydrogen) atoms. The van der Waals surface area contributed by atoms with Crippen LogP contribution in [0.4, 0.5) is 5.69 Å². The smallest absolute Gasteiger partial charge is 0.273 e. The van der Waals surface area contributed by atoms with Gasteiger partial charge in [-0.25, -0.2) is 0 Å². The van der Waals surface area contributed by atoms with E-state index in [1.807, 2.05) is 6.92 Å². The van der Waals surface area contributed by atoms with Crippen LogP contribution in [0, 0.1) is 5.92 Å². The average Bonchev–Trinajstić information content (AvgIpc) is 2.75. The normalized spacial score (nSPS) is 10.4. The topological polar surface area (TPSA) is 106 Å². The molecule has 0 radical (unpaired) electrons. The van der Waals surface area contributed by atoms with Gasteiger partial charge in [-0.15, -0.1) is 0 Å². The Bertz CT molecular complexity index is 865.